The average Bonchev–Trinajstić information content (AvgIpc) is 2.46. The Balaban J connectivity index is 2.94. The van der Waals surface area contributed by atoms with Gasteiger partial charge in [-0.3, -0.25) is 0 Å². The smallest absolute Gasteiger partial charge is 0.408 e. The van der Waals surface area contributed by atoms with Gasteiger partial charge in [0.1, 0.15) is 11.6 Å². The van der Waals surface area contributed by atoms with Crippen LogP contribution >= 0.6 is 0 Å². The highest BCUT2D eigenvalue weighted by Crippen LogP contribution is 2.23. The Kier molecular flexibility index (Phi) is 6.79. The lowest BCUT2D eigenvalue weighted by molar-refractivity contribution is -0.139. The molecular formula is C20H29NO4. The number of carboxylic acid groups (broad SMARTS) is 1. The third-order valence-corrected chi connectivity index (χ3v) is 4.08. The topological polar surface area (TPSA) is 75.6 Å². The summed E-state index contributed by atoms with van der Waals surface area (Å²) in [6.07, 6.45) is -0.510. The molecule has 0 aliphatic rings. The van der Waals surface area contributed by atoms with E-state index in [-0.39, 0.29) is 6.42 Å². The van der Waals surface area contributed by atoms with Crippen molar-refractivity contribution in [2.24, 2.45) is 0 Å². The van der Waals surface area contributed by atoms with E-state index in [0.717, 1.165) is 16.7 Å². The van der Waals surface area contributed by atoms with Crippen molar-refractivity contribution < 1.29 is 19.4 Å². The van der Waals surface area contributed by atoms with Crippen LogP contribution in [0.5, 0.6) is 0 Å². The van der Waals surface area contributed by atoms with Crippen LogP contribution in [0.15, 0.2) is 23.8 Å². The van der Waals surface area contributed by atoms with Crippen molar-refractivity contribution in [1.82, 2.24) is 5.32 Å². The van der Waals surface area contributed by atoms with Crippen LogP contribution in [0.2, 0.25) is 0 Å². The van der Waals surface area contributed by atoms with Crippen LogP contribution in [0.3, 0.4) is 0 Å². The second-order valence-electron chi connectivity index (χ2n) is 7.45. The zero-order valence-electron chi connectivity index (χ0n) is 16.2. The minimum Gasteiger partial charge on any atom is -0.480 e. The Hall–Kier alpha value is -2.30. The molecule has 5 heteroatoms. The number of rotatable bonds is 5. The zero-order chi connectivity index (χ0) is 19.4. The van der Waals surface area contributed by atoms with E-state index in [2.05, 4.69) is 24.4 Å². The van der Waals surface area contributed by atoms with E-state index in [1.54, 1.807) is 20.8 Å². The third kappa shape index (κ3) is 6.61. The van der Waals surface area contributed by atoms with Gasteiger partial charge in [-0.1, -0.05) is 23.8 Å². The van der Waals surface area contributed by atoms with Crippen LogP contribution in [-0.4, -0.2) is 28.8 Å². The maximum Gasteiger partial charge on any atom is 0.408 e. The Morgan fingerprint density at radius 3 is 2.24 bits per heavy atom. The number of alkyl carbamates (subject to hydrolysis) is 1. The van der Waals surface area contributed by atoms with Crippen LogP contribution in [-0.2, 0) is 9.53 Å². The Morgan fingerprint density at radius 1 is 1.16 bits per heavy atom. The summed E-state index contributed by atoms with van der Waals surface area (Å²) in [6, 6.07) is 5.13. The fraction of sp³-hybridized carbons (Fsp3) is 0.500. The summed E-state index contributed by atoms with van der Waals surface area (Å²) >= 11 is 0. The molecule has 0 saturated heterocycles. The second kappa shape index (κ2) is 8.19. The number of aryl methyl sites for hydroxylation is 2. The van der Waals surface area contributed by atoms with E-state index >= 15 is 0 Å². The maximum atomic E-state index is 11.9. The van der Waals surface area contributed by atoms with Gasteiger partial charge < -0.3 is 15.2 Å². The van der Waals surface area contributed by atoms with Crippen molar-refractivity contribution in [2.75, 3.05) is 0 Å². The summed E-state index contributed by atoms with van der Waals surface area (Å²) in [6.45, 7) is 13.1. The molecule has 5 nitrogen and oxygen atoms in total. The first-order valence-electron chi connectivity index (χ1n) is 8.37. The summed E-state index contributed by atoms with van der Waals surface area (Å²) < 4.78 is 5.14. The number of nitrogens with one attached hydrogen (secondary N) is 1. The molecule has 0 bridgehead atoms. The van der Waals surface area contributed by atoms with Crippen molar-refractivity contribution in [1.29, 1.82) is 0 Å². The van der Waals surface area contributed by atoms with E-state index in [0.29, 0.717) is 0 Å². The molecular weight excluding hydrogens is 318 g/mol. The number of carboxylic acids is 1. The molecule has 138 valence electrons. The van der Waals surface area contributed by atoms with E-state index in [9.17, 15) is 14.7 Å². The lowest BCUT2D eigenvalue weighted by Gasteiger charge is -2.22. The number of hydrogen-bond acceptors (Lipinski definition) is 3. The molecule has 0 aromatic heterocycles. The second-order valence-corrected chi connectivity index (χ2v) is 7.45. The quantitative estimate of drug-likeness (QED) is 0.824. The molecule has 1 rings (SSSR count). The van der Waals surface area contributed by atoms with Crippen LogP contribution < -0.4 is 5.32 Å². The fourth-order valence-corrected chi connectivity index (χ4v) is 2.33. The molecule has 0 saturated carbocycles. The van der Waals surface area contributed by atoms with E-state index in [1.165, 1.54) is 11.1 Å². The van der Waals surface area contributed by atoms with Gasteiger partial charge in [0, 0.05) is 0 Å². The highest BCUT2D eigenvalue weighted by molar-refractivity contribution is 5.81. The van der Waals surface area contributed by atoms with Gasteiger partial charge in [0.15, 0.2) is 0 Å². The van der Waals surface area contributed by atoms with Crippen LogP contribution in [0.4, 0.5) is 4.79 Å². The Morgan fingerprint density at radius 2 is 1.76 bits per heavy atom. The predicted octanol–water partition coefficient (Wildman–Crippen LogP) is 4.46. The molecule has 1 atom stereocenters. The molecule has 0 heterocycles. The predicted molar refractivity (Wildman–Crippen MR) is 99.6 cm³/mol. The largest absolute Gasteiger partial charge is 0.480 e. The minimum absolute atomic E-state index is 0.216. The number of amides is 1. The lowest BCUT2D eigenvalue weighted by Crippen LogP contribution is -2.43. The number of allylic oxidation sites excluding steroid dienone is 1. The van der Waals surface area contributed by atoms with Crippen molar-refractivity contribution in [3.05, 3.63) is 40.5 Å². The first-order chi connectivity index (χ1) is 11.4. The summed E-state index contributed by atoms with van der Waals surface area (Å²) in [7, 11) is 0. The number of carbonyl (C=O) groups excluding carboxylic acids is 1. The zero-order valence-corrected chi connectivity index (χ0v) is 16.2. The van der Waals surface area contributed by atoms with Gasteiger partial charge in [-0.15, -0.1) is 0 Å². The maximum absolute atomic E-state index is 11.9. The molecule has 0 aliphatic heterocycles. The summed E-state index contributed by atoms with van der Waals surface area (Å²) in [5.74, 6) is -1.09. The number of aliphatic carboxylic acids is 1. The van der Waals surface area contributed by atoms with Gasteiger partial charge in [0.05, 0.1) is 0 Å². The number of ether oxygens (including phenoxy) is 1. The average molecular weight is 347 g/mol. The summed E-state index contributed by atoms with van der Waals surface area (Å²) in [4.78, 5) is 23.4. The van der Waals surface area contributed by atoms with Gasteiger partial charge in [0.25, 0.3) is 0 Å². The van der Waals surface area contributed by atoms with Crippen molar-refractivity contribution in [3.8, 4) is 0 Å². The summed E-state index contributed by atoms with van der Waals surface area (Å²) in [5, 5.41) is 11.8. The van der Waals surface area contributed by atoms with Gasteiger partial charge in [0.2, 0.25) is 0 Å². The fourth-order valence-electron chi connectivity index (χ4n) is 2.33. The molecule has 1 amide bonds. The van der Waals surface area contributed by atoms with Crippen LogP contribution in [0.1, 0.15) is 57.7 Å². The standard InChI is InChI=1S/C20H29NO4/c1-12-8-9-16(10-13(12)2)15(4)14(3)11-17(18(22)23)21-19(24)25-20(5,6)7/h8-10,17H,11H2,1-7H3,(H,21,24)(H,22,23)/b15-14+/t17-/m0/s1. The van der Waals surface area contributed by atoms with Crippen molar-refractivity contribution in [2.45, 2.75) is 66.5 Å². The first kappa shape index (κ1) is 20.7. The van der Waals surface area contributed by atoms with E-state index in [1.807, 2.05) is 26.8 Å². The number of benzene rings is 1. The summed E-state index contributed by atoms with van der Waals surface area (Å²) in [5.41, 5.74) is 4.71. The van der Waals surface area contributed by atoms with Crippen molar-refractivity contribution in [3.63, 3.8) is 0 Å². The molecule has 0 radical (unpaired) electrons. The monoisotopic (exact) mass is 347 g/mol. The van der Waals surface area contributed by atoms with Gasteiger partial charge in [-0.05, 0) is 77.2 Å². The molecule has 25 heavy (non-hydrogen) atoms. The highest BCUT2D eigenvalue weighted by atomic mass is 16.6. The van der Waals surface area contributed by atoms with Crippen LogP contribution in [0, 0.1) is 13.8 Å². The number of carbonyl (C=O) groups is 2. The first-order valence-corrected chi connectivity index (χ1v) is 8.37. The third-order valence-electron chi connectivity index (χ3n) is 4.08. The normalized spacial score (nSPS) is 13.7. The Labute approximate surface area is 150 Å². The van der Waals surface area contributed by atoms with Gasteiger partial charge in [-0.25, -0.2) is 9.59 Å². The molecule has 0 unspecified atom stereocenters. The highest BCUT2D eigenvalue weighted by Gasteiger charge is 2.24. The lowest BCUT2D eigenvalue weighted by atomic mass is 9.95. The SMILES string of the molecule is C/C(C[C@H](NC(=O)OC(C)(C)C)C(=O)O)=C(/C)c1ccc(C)c(C)c1. The molecule has 2 N–H and O–H groups in total. The molecule has 0 fully saturated rings. The number of hydrogen-bond donors (Lipinski definition) is 2. The molecule has 0 spiro atoms. The molecule has 1 aromatic carbocycles. The van der Waals surface area contributed by atoms with Crippen molar-refractivity contribution >= 4 is 17.6 Å². The molecule has 1 aromatic rings. The minimum atomic E-state index is -1.09. The Bertz CT molecular complexity index is 683. The molecule has 0 aliphatic carbocycles. The van der Waals surface area contributed by atoms with E-state index < -0.39 is 23.7 Å². The van der Waals surface area contributed by atoms with Crippen LogP contribution in [0.25, 0.3) is 5.57 Å². The van der Waals surface area contributed by atoms with E-state index in [4.69, 9.17) is 4.74 Å². The van der Waals surface area contributed by atoms with Gasteiger partial charge in [-0.2, -0.15) is 0 Å². The van der Waals surface area contributed by atoms with Gasteiger partial charge >= 0.3 is 12.1 Å².